The van der Waals surface area contributed by atoms with E-state index in [9.17, 15) is 54.3 Å². The first-order valence-electron chi connectivity index (χ1n) is 19.0. The largest absolute Gasteiger partial charge is 0.496 e. The molecule has 4 fully saturated rings. The number of amides is 3. The molecule has 3 saturated carbocycles. The Labute approximate surface area is 316 Å². The van der Waals surface area contributed by atoms with Gasteiger partial charge in [0.1, 0.15) is 24.1 Å². The van der Waals surface area contributed by atoms with Gasteiger partial charge in [-0.25, -0.2) is 0 Å². The molecule has 298 valence electrons. The molecule has 7 rings (SSSR count). The molecule has 11 unspecified atom stereocenters. The van der Waals surface area contributed by atoms with E-state index in [4.69, 9.17) is 14.2 Å². The number of aliphatic hydroxyl groups is 5. The normalized spacial score (nSPS) is 40.0. The quantitative estimate of drug-likeness (QED) is 0.173. The van der Waals surface area contributed by atoms with E-state index in [2.05, 4.69) is 5.32 Å². The second-order valence-electron chi connectivity index (χ2n) is 16.0. The summed E-state index contributed by atoms with van der Waals surface area (Å²) < 4.78 is 17.8. The summed E-state index contributed by atoms with van der Waals surface area (Å²) >= 11 is 0. The molecular formula is C39H48N2O14. The summed E-state index contributed by atoms with van der Waals surface area (Å²) in [6.07, 6.45) is -3.80. The number of benzene rings is 1. The molecule has 6 aliphatic rings. The highest BCUT2D eigenvalue weighted by molar-refractivity contribution is 6.18. The van der Waals surface area contributed by atoms with Crippen LogP contribution in [-0.4, -0.2) is 134 Å². The van der Waals surface area contributed by atoms with Gasteiger partial charge in [0.2, 0.25) is 5.91 Å². The summed E-state index contributed by atoms with van der Waals surface area (Å²) in [7, 11) is 1.34. The average molecular weight is 769 g/mol. The first-order valence-corrected chi connectivity index (χ1v) is 19.0. The molecule has 16 heteroatoms. The molecule has 3 amide bonds. The van der Waals surface area contributed by atoms with Gasteiger partial charge in [0.15, 0.2) is 23.6 Å². The number of fused-ring (bicyclic) bond motifs is 3. The van der Waals surface area contributed by atoms with Crippen molar-refractivity contribution in [2.75, 3.05) is 20.3 Å². The molecule has 2 heterocycles. The number of methoxy groups -OCH3 is 1. The van der Waals surface area contributed by atoms with Gasteiger partial charge in [0, 0.05) is 48.9 Å². The van der Waals surface area contributed by atoms with Crippen LogP contribution in [0, 0.1) is 35.5 Å². The SMILES string of the molecule is COc1cccc2c1C(=O)C1C(O)C3C(OC4CC(NC(=O)C5CCC(CN6C(=O)C=CC6=O)CC5)C(O)C(C)O4)C[C@](O)(C(=O)CO)CC3C(O)C1C2=O. The van der Waals surface area contributed by atoms with Gasteiger partial charge >= 0.3 is 0 Å². The number of carbonyl (C=O) groups excluding carboxylic acids is 6. The van der Waals surface area contributed by atoms with Gasteiger partial charge in [-0.15, -0.1) is 0 Å². The van der Waals surface area contributed by atoms with Crippen molar-refractivity contribution in [2.45, 2.75) is 100 Å². The Morgan fingerprint density at radius 3 is 2.27 bits per heavy atom. The highest BCUT2D eigenvalue weighted by Crippen LogP contribution is 2.53. The monoisotopic (exact) mass is 768 g/mol. The van der Waals surface area contributed by atoms with Crippen LogP contribution >= 0.6 is 0 Å². The second kappa shape index (κ2) is 15.2. The van der Waals surface area contributed by atoms with Crippen LogP contribution in [0.3, 0.4) is 0 Å². The van der Waals surface area contributed by atoms with Gasteiger partial charge in [-0.05, 0) is 56.9 Å². The number of ether oxygens (including phenoxy) is 3. The molecule has 1 aromatic rings. The van der Waals surface area contributed by atoms with Crippen LogP contribution in [-0.2, 0) is 28.7 Å². The lowest BCUT2D eigenvalue weighted by Crippen LogP contribution is -2.67. The molecule has 55 heavy (non-hydrogen) atoms. The van der Waals surface area contributed by atoms with Crippen LogP contribution in [0.2, 0.25) is 0 Å². The third-order valence-electron chi connectivity index (χ3n) is 12.9. The summed E-state index contributed by atoms with van der Waals surface area (Å²) in [6.45, 7) is 0.840. The fraction of sp³-hybridized carbons (Fsp3) is 0.641. The van der Waals surface area contributed by atoms with Crippen LogP contribution in [0.5, 0.6) is 5.75 Å². The Morgan fingerprint density at radius 2 is 1.62 bits per heavy atom. The number of nitrogens with zero attached hydrogens (tertiary/aromatic N) is 1. The summed E-state index contributed by atoms with van der Waals surface area (Å²) in [5.74, 6) is -8.34. The maximum Gasteiger partial charge on any atom is 0.253 e. The van der Waals surface area contributed by atoms with E-state index < -0.39 is 109 Å². The number of nitrogens with one attached hydrogen (secondary N) is 1. The van der Waals surface area contributed by atoms with Crippen LogP contribution in [0.25, 0.3) is 0 Å². The predicted molar refractivity (Wildman–Crippen MR) is 187 cm³/mol. The molecule has 0 radical (unpaired) electrons. The Morgan fingerprint density at radius 1 is 0.945 bits per heavy atom. The molecule has 2 aliphatic heterocycles. The molecule has 0 aromatic heterocycles. The molecule has 1 aromatic carbocycles. The molecular weight excluding hydrogens is 720 g/mol. The number of rotatable bonds is 9. The van der Waals surface area contributed by atoms with Crippen LogP contribution in [0.15, 0.2) is 30.4 Å². The van der Waals surface area contributed by atoms with E-state index in [1.807, 2.05) is 0 Å². The van der Waals surface area contributed by atoms with E-state index in [1.54, 1.807) is 6.92 Å². The van der Waals surface area contributed by atoms with Crippen molar-refractivity contribution in [3.05, 3.63) is 41.5 Å². The topological polar surface area (TPSA) is 247 Å². The first-order chi connectivity index (χ1) is 26.2. The zero-order valence-electron chi connectivity index (χ0n) is 30.6. The third kappa shape index (κ3) is 6.95. The van der Waals surface area contributed by atoms with Gasteiger partial charge < -0.3 is 45.1 Å². The summed E-state index contributed by atoms with van der Waals surface area (Å²) in [5, 5.41) is 59.2. The minimum absolute atomic E-state index is 0.0132. The Hall–Kier alpha value is -3.90. The molecule has 16 nitrogen and oxygen atoms in total. The van der Waals surface area contributed by atoms with E-state index in [-0.39, 0.29) is 59.4 Å². The smallest absolute Gasteiger partial charge is 0.253 e. The summed E-state index contributed by atoms with van der Waals surface area (Å²) in [4.78, 5) is 79.6. The lowest BCUT2D eigenvalue weighted by atomic mass is 9.52. The number of Topliss-reactive ketones (excluding diaryl/α,β-unsaturated/α-hetero) is 3. The highest BCUT2D eigenvalue weighted by atomic mass is 16.7. The first kappa shape index (κ1) is 39.3. The lowest BCUT2D eigenvalue weighted by Gasteiger charge is -2.56. The van der Waals surface area contributed by atoms with Gasteiger partial charge in [0.05, 0.1) is 55.0 Å². The molecule has 0 bridgehead atoms. The Bertz CT molecular complexity index is 1760. The summed E-state index contributed by atoms with van der Waals surface area (Å²) in [5.41, 5.74) is -2.21. The molecule has 4 aliphatic carbocycles. The van der Waals surface area contributed by atoms with Crippen molar-refractivity contribution < 1.29 is 68.5 Å². The maximum atomic E-state index is 14.1. The number of aliphatic hydroxyl groups excluding tert-OH is 4. The number of imide groups is 1. The van der Waals surface area contributed by atoms with Crippen LogP contribution < -0.4 is 10.1 Å². The predicted octanol–water partition coefficient (Wildman–Crippen LogP) is -0.542. The third-order valence-corrected chi connectivity index (χ3v) is 12.9. The van der Waals surface area contributed by atoms with Crippen molar-refractivity contribution in [3.63, 3.8) is 0 Å². The fourth-order valence-electron chi connectivity index (χ4n) is 10.0. The molecule has 12 atom stereocenters. The Balaban J connectivity index is 1.08. The minimum atomic E-state index is -2.23. The summed E-state index contributed by atoms with van der Waals surface area (Å²) in [6, 6.07) is 3.64. The van der Waals surface area contributed by atoms with Gasteiger partial charge in [0.25, 0.3) is 11.8 Å². The lowest BCUT2D eigenvalue weighted by molar-refractivity contribution is -0.278. The van der Waals surface area contributed by atoms with Gasteiger partial charge in [-0.3, -0.25) is 33.7 Å². The number of ketones is 3. The number of hydrogen-bond donors (Lipinski definition) is 6. The van der Waals surface area contributed by atoms with Crippen LogP contribution in [0.4, 0.5) is 0 Å². The molecule has 6 N–H and O–H groups in total. The van der Waals surface area contributed by atoms with Crippen molar-refractivity contribution in [2.24, 2.45) is 35.5 Å². The van der Waals surface area contributed by atoms with Crippen molar-refractivity contribution in [3.8, 4) is 5.75 Å². The zero-order valence-corrected chi connectivity index (χ0v) is 30.6. The number of carbonyl (C=O) groups is 6. The highest BCUT2D eigenvalue weighted by Gasteiger charge is 2.64. The zero-order chi connectivity index (χ0) is 39.5. The van der Waals surface area contributed by atoms with Gasteiger partial charge in [-0.2, -0.15) is 0 Å². The number of hydrogen-bond acceptors (Lipinski definition) is 14. The minimum Gasteiger partial charge on any atom is -0.496 e. The fourth-order valence-corrected chi connectivity index (χ4v) is 10.0. The van der Waals surface area contributed by atoms with E-state index in [0.717, 1.165) is 0 Å². The van der Waals surface area contributed by atoms with Gasteiger partial charge in [-0.1, -0.05) is 12.1 Å². The van der Waals surface area contributed by atoms with E-state index in [1.165, 1.54) is 42.4 Å². The van der Waals surface area contributed by atoms with Crippen LogP contribution in [0.1, 0.15) is 72.6 Å². The van der Waals surface area contributed by atoms with E-state index in [0.29, 0.717) is 25.7 Å². The Kier molecular flexibility index (Phi) is 10.9. The van der Waals surface area contributed by atoms with E-state index >= 15 is 0 Å². The standard InChI is InChI=1S/C39H48N2O14/c1-17-33(46)22(40-38(51)19-8-6-18(7-9-19)15-41-26(44)10-11-27(41)45)12-28(54-17)55-24-14-39(52,25(43)16-42)13-21-30(24)37(50)32-31(35(21)48)34(47)20-4-3-5-23(53-2)29(20)36(32)49/h3-5,10-11,17-19,21-22,24,28,30-33,35,37,42,46,48,50,52H,6-9,12-16H2,1-2H3,(H,40,51)/t17?,18?,19?,21?,22?,24?,28?,30?,31?,32?,33?,35?,37?,39-/m0/s1. The second-order valence-corrected chi connectivity index (χ2v) is 16.0. The van der Waals surface area contributed by atoms with Crippen molar-refractivity contribution in [1.82, 2.24) is 10.2 Å². The van der Waals surface area contributed by atoms with Crippen molar-refractivity contribution in [1.29, 1.82) is 0 Å². The van der Waals surface area contributed by atoms with Crippen molar-refractivity contribution >= 4 is 35.1 Å². The molecule has 1 saturated heterocycles. The average Bonchev–Trinajstić information content (AvgIpc) is 3.48. The maximum absolute atomic E-state index is 14.1. The molecule has 0 spiro atoms.